The molecule has 2 aromatic heterocycles. The minimum Gasteiger partial charge on any atom is -0.390 e. The molecule has 3 heterocycles. The van der Waals surface area contributed by atoms with E-state index in [0.29, 0.717) is 24.9 Å². The van der Waals surface area contributed by atoms with E-state index < -0.39 is 6.10 Å². The molecule has 0 amide bonds. The third-order valence-electron chi connectivity index (χ3n) is 4.76. The molecule has 1 saturated heterocycles. The Hall–Kier alpha value is -1.73. The first-order valence-electron chi connectivity index (χ1n) is 8.49. The van der Waals surface area contributed by atoms with Crippen molar-refractivity contribution in [1.82, 2.24) is 24.8 Å². The van der Waals surface area contributed by atoms with Gasteiger partial charge in [0, 0.05) is 30.8 Å². The van der Waals surface area contributed by atoms with Gasteiger partial charge in [0.25, 0.3) is 0 Å². The van der Waals surface area contributed by atoms with Gasteiger partial charge in [0.05, 0.1) is 12.6 Å². The summed E-state index contributed by atoms with van der Waals surface area (Å²) in [7, 11) is 0. The summed E-state index contributed by atoms with van der Waals surface area (Å²) in [5, 5.41) is 18.5. The largest absolute Gasteiger partial charge is 0.390 e. The number of β-amino-alcohol motifs (C(OH)–C–C–N with tert-alkyl or cyclic N) is 1. The minimum absolute atomic E-state index is 0.391. The molecule has 1 atom stereocenters. The van der Waals surface area contributed by atoms with Crippen LogP contribution in [0.1, 0.15) is 49.2 Å². The van der Waals surface area contributed by atoms with Gasteiger partial charge >= 0.3 is 0 Å². The molecule has 1 aliphatic heterocycles. The maximum atomic E-state index is 10.2. The zero-order valence-corrected chi connectivity index (χ0v) is 13.2. The Morgan fingerprint density at radius 1 is 1.17 bits per heavy atom. The Morgan fingerprint density at radius 3 is 2.70 bits per heavy atom. The molecule has 1 saturated carbocycles. The van der Waals surface area contributed by atoms with Crippen molar-refractivity contribution in [2.45, 2.75) is 50.2 Å². The summed E-state index contributed by atoms with van der Waals surface area (Å²) >= 11 is 0. The van der Waals surface area contributed by atoms with Crippen molar-refractivity contribution in [2.24, 2.45) is 0 Å². The number of rotatable bonds is 6. The Balaban J connectivity index is 1.25. The van der Waals surface area contributed by atoms with Crippen molar-refractivity contribution in [1.29, 1.82) is 0 Å². The molecule has 4 rings (SSSR count). The van der Waals surface area contributed by atoms with Crippen molar-refractivity contribution in [3.8, 4) is 0 Å². The number of piperidine rings is 1. The lowest BCUT2D eigenvalue weighted by Gasteiger charge is -2.31. The summed E-state index contributed by atoms with van der Waals surface area (Å²) in [4.78, 5) is 6.89. The smallest absolute Gasteiger partial charge is 0.229 e. The number of nitrogens with zero attached hydrogens (tertiary/aromatic N) is 5. The van der Waals surface area contributed by atoms with Crippen LogP contribution in [0.4, 0.5) is 0 Å². The van der Waals surface area contributed by atoms with Gasteiger partial charge < -0.3 is 14.5 Å². The third kappa shape index (κ3) is 3.61. The predicted molar refractivity (Wildman–Crippen MR) is 82.9 cm³/mol. The summed E-state index contributed by atoms with van der Waals surface area (Å²) in [5.74, 6) is 2.63. The zero-order chi connectivity index (χ0) is 15.6. The zero-order valence-electron chi connectivity index (χ0n) is 13.2. The van der Waals surface area contributed by atoms with Crippen LogP contribution < -0.4 is 0 Å². The summed E-state index contributed by atoms with van der Waals surface area (Å²) < 4.78 is 7.14. The molecule has 7 heteroatoms. The fraction of sp³-hybridized carbons (Fsp3) is 0.688. The monoisotopic (exact) mass is 317 g/mol. The fourth-order valence-corrected chi connectivity index (χ4v) is 3.26. The maximum Gasteiger partial charge on any atom is 0.229 e. The number of likely N-dealkylation sites (tertiary alicyclic amines) is 1. The molecule has 0 bridgehead atoms. The van der Waals surface area contributed by atoms with Gasteiger partial charge in [-0.3, -0.25) is 4.68 Å². The Morgan fingerprint density at radius 2 is 2.00 bits per heavy atom. The Kier molecular flexibility index (Phi) is 4.13. The first-order chi connectivity index (χ1) is 11.3. The molecule has 23 heavy (non-hydrogen) atoms. The topological polar surface area (TPSA) is 80.2 Å². The maximum absolute atomic E-state index is 10.2. The lowest BCUT2D eigenvalue weighted by molar-refractivity contribution is 0.0816. The highest BCUT2D eigenvalue weighted by Crippen LogP contribution is 2.39. The van der Waals surface area contributed by atoms with Crippen LogP contribution in [0.15, 0.2) is 23.0 Å². The van der Waals surface area contributed by atoms with E-state index in [1.165, 1.54) is 12.8 Å². The van der Waals surface area contributed by atoms with Gasteiger partial charge in [-0.2, -0.15) is 10.1 Å². The van der Waals surface area contributed by atoms with Crippen LogP contribution in [0.5, 0.6) is 0 Å². The molecular weight excluding hydrogens is 294 g/mol. The molecule has 124 valence electrons. The van der Waals surface area contributed by atoms with Crippen molar-refractivity contribution < 1.29 is 9.63 Å². The molecular formula is C16H23N5O2. The number of hydrogen-bond acceptors (Lipinski definition) is 6. The second-order valence-corrected chi connectivity index (χ2v) is 6.72. The lowest BCUT2D eigenvalue weighted by atomic mass is 9.96. The van der Waals surface area contributed by atoms with Crippen LogP contribution >= 0.6 is 0 Å². The number of aliphatic hydroxyl groups is 1. The van der Waals surface area contributed by atoms with Crippen molar-refractivity contribution in [3.05, 3.63) is 30.2 Å². The summed E-state index contributed by atoms with van der Waals surface area (Å²) in [6.07, 6.45) is 7.65. The van der Waals surface area contributed by atoms with E-state index in [1.54, 1.807) is 10.9 Å². The highest BCUT2D eigenvalue weighted by Gasteiger charge is 2.32. The molecule has 1 aliphatic carbocycles. The second kappa shape index (κ2) is 6.41. The quantitative estimate of drug-likeness (QED) is 0.867. The summed E-state index contributed by atoms with van der Waals surface area (Å²) in [6.45, 7) is 3.16. The van der Waals surface area contributed by atoms with Crippen molar-refractivity contribution in [3.63, 3.8) is 0 Å². The lowest BCUT2D eigenvalue weighted by Crippen LogP contribution is -2.39. The molecule has 2 fully saturated rings. The van der Waals surface area contributed by atoms with Crippen LogP contribution in [-0.2, 0) is 6.54 Å². The van der Waals surface area contributed by atoms with E-state index >= 15 is 0 Å². The van der Waals surface area contributed by atoms with Gasteiger partial charge in [-0.1, -0.05) is 5.16 Å². The molecule has 7 nitrogen and oxygen atoms in total. The molecule has 2 aliphatic rings. The summed E-state index contributed by atoms with van der Waals surface area (Å²) in [6, 6.07) is 1.87. The Bertz CT molecular complexity index is 614. The molecule has 0 spiro atoms. The molecule has 2 aromatic rings. The average molecular weight is 317 g/mol. The van der Waals surface area contributed by atoms with Crippen LogP contribution in [0, 0.1) is 0 Å². The van der Waals surface area contributed by atoms with Gasteiger partial charge in [0.15, 0.2) is 5.82 Å². The molecule has 0 radical (unpaired) electrons. The molecule has 1 unspecified atom stereocenters. The fourth-order valence-electron chi connectivity index (χ4n) is 3.26. The highest BCUT2D eigenvalue weighted by atomic mass is 16.5. The number of aliphatic hydroxyl groups excluding tert-OH is 1. The average Bonchev–Trinajstić information content (AvgIpc) is 3.07. The van der Waals surface area contributed by atoms with Crippen molar-refractivity contribution >= 4 is 0 Å². The standard InChI is InChI=1S/C16H23N5O2/c22-14(11-21-7-1-6-17-21)10-20-8-4-12(5-9-20)15-18-16(23-19-15)13-2-3-13/h1,6-7,12-14,22H,2-5,8-11H2. The van der Waals surface area contributed by atoms with Gasteiger partial charge in [-0.25, -0.2) is 0 Å². The molecule has 0 aromatic carbocycles. The molecule has 1 N–H and O–H groups in total. The van der Waals surface area contributed by atoms with Crippen LogP contribution in [0.2, 0.25) is 0 Å². The van der Waals surface area contributed by atoms with Crippen LogP contribution in [0.3, 0.4) is 0 Å². The van der Waals surface area contributed by atoms with Gasteiger partial charge in [-0.05, 0) is 44.8 Å². The van der Waals surface area contributed by atoms with E-state index in [1.807, 2.05) is 12.3 Å². The highest BCUT2D eigenvalue weighted by molar-refractivity contribution is 5.05. The normalized spacial score (nSPS) is 21.6. The van der Waals surface area contributed by atoms with Gasteiger partial charge in [0.1, 0.15) is 0 Å². The summed E-state index contributed by atoms with van der Waals surface area (Å²) in [5.41, 5.74) is 0. The predicted octanol–water partition coefficient (Wildman–Crippen LogP) is 1.38. The van der Waals surface area contributed by atoms with Gasteiger partial charge in [0.2, 0.25) is 5.89 Å². The number of hydrogen-bond donors (Lipinski definition) is 1. The minimum atomic E-state index is -0.391. The van der Waals surface area contributed by atoms with Crippen LogP contribution in [-0.4, -0.2) is 55.7 Å². The number of aromatic nitrogens is 4. The Labute approximate surface area is 135 Å². The van der Waals surface area contributed by atoms with Crippen molar-refractivity contribution in [2.75, 3.05) is 19.6 Å². The second-order valence-electron chi connectivity index (χ2n) is 6.72. The van der Waals surface area contributed by atoms with E-state index in [4.69, 9.17) is 4.52 Å². The van der Waals surface area contributed by atoms with Gasteiger partial charge in [-0.15, -0.1) is 0 Å². The third-order valence-corrected chi connectivity index (χ3v) is 4.76. The van der Waals surface area contributed by atoms with E-state index in [9.17, 15) is 5.11 Å². The van der Waals surface area contributed by atoms with E-state index in [0.717, 1.165) is 37.6 Å². The SMILES string of the molecule is OC(CN1CCC(c2noc(C3CC3)n2)CC1)Cn1cccn1. The van der Waals surface area contributed by atoms with E-state index in [-0.39, 0.29) is 0 Å². The van der Waals surface area contributed by atoms with E-state index in [2.05, 4.69) is 20.1 Å². The van der Waals surface area contributed by atoms with Crippen LogP contribution in [0.25, 0.3) is 0 Å². The first-order valence-corrected chi connectivity index (χ1v) is 8.49. The first kappa shape index (κ1) is 14.8.